The fraction of sp³-hybridized carbons (Fsp3) is 0.133. The molecule has 20 heavy (non-hydrogen) atoms. The Bertz CT molecular complexity index is 645. The van der Waals surface area contributed by atoms with Crippen molar-refractivity contribution < 1.29 is 13.9 Å². The van der Waals surface area contributed by atoms with Crippen LogP contribution in [0.2, 0.25) is 0 Å². The smallest absolute Gasteiger partial charge is 0.178 e. The number of hydrogen-bond acceptors (Lipinski definition) is 4. The number of anilines is 1. The maximum atomic E-state index is 13.5. The molecule has 2 N–H and O–H groups in total. The highest BCUT2D eigenvalue weighted by Crippen LogP contribution is 2.26. The lowest BCUT2D eigenvalue weighted by atomic mass is 10.1. The van der Waals surface area contributed by atoms with Crippen molar-refractivity contribution in [1.82, 2.24) is 0 Å². The van der Waals surface area contributed by atoms with Gasteiger partial charge in [-0.15, -0.1) is 0 Å². The van der Waals surface area contributed by atoms with E-state index in [1.165, 1.54) is 19.2 Å². The molecule has 2 rings (SSSR count). The topological polar surface area (TPSA) is 68.3 Å². The molecule has 2 aromatic carbocycles. The first-order valence-corrected chi connectivity index (χ1v) is 5.89. The van der Waals surface area contributed by atoms with Crippen molar-refractivity contribution in [2.24, 2.45) is 0 Å². The highest BCUT2D eigenvalue weighted by atomic mass is 19.1. The van der Waals surface area contributed by atoms with Crippen LogP contribution in [-0.4, -0.2) is 7.11 Å². The number of para-hydroxylation sites is 1. The lowest BCUT2D eigenvalue weighted by Gasteiger charge is -2.10. The van der Waals surface area contributed by atoms with Crippen molar-refractivity contribution in [3.63, 3.8) is 0 Å². The summed E-state index contributed by atoms with van der Waals surface area (Å²) in [5.41, 5.74) is 7.01. The van der Waals surface area contributed by atoms with Crippen molar-refractivity contribution >= 4 is 5.69 Å². The van der Waals surface area contributed by atoms with E-state index in [0.29, 0.717) is 11.3 Å². The van der Waals surface area contributed by atoms with Crippen LogP contribution in [0.1, 0.15) is 11.1 Å². The molecule has 0 heterocycles. The molecule has 0 saturated carbocycles. The number of halogens is 1. The highest BCUT2D eigenvalue weighted by molar-refractivity contribution is 5.53. The Morgan fingerprint density at radius 1 is 1.30 bits per heavy atom. The fourth-order valence-electron chi connectivity index (χ4n) is 1.77. The molecule has 102 valence electrons. The number of nitrogens with two attached hydrogens (primary N) is 1. The summed E-state index contributed by atoms with van der Waals surface area (Å²) in [5.74, 6) is -0.0116. The Hall–Kier alpha value is -2.74. The molecule has 4 nitrogen and oxygen atoms in total. The first kappa shape index (κ1) is 13.7. The molecule has 0 spiro atoms. The van der Waals surface area contributed by atoms with E-state index in [-0.39, 0.29) is 18.0 Å². The number of benzene rings is 2. The Balaban J connectivity index is 2.18. The Morgan fingerprint density at radius 3 is 2.75 bits per heavy atom. The molecule has 0 fully saturated rings. The van der Waals surface area contributed by atoms with Crippen LogP contribution in [0.25, 0.3) is 0 Å². The van der Waals surface area contributed by atoms with E-state index in [0.717, 1.165) is 5.56 Å². The molecule has 0 atom stereocenters. The van der Waals surface area contributed by atoms with Crippen LogP contribution in [0.15, 0.2) is 36.4 Å². The number of methoxy groups -OCH3 is 1. The van der Waals surface area contributed by atoms with E-state index < -0.39 is 5.82 Å². The van der Waals surface area contributed by atoms with Gasteiger partial charge >= 0.3 is 0 Å². The van der Waals surface area contributed by atoms with E-state index in [1.54, 1.807) is 24.3 Å². The van der Waals surface area contributed by atoms with Crippen LogP contribution >= 0.6 is 0 Å². The van der Waals surface area contributed by atoms with Gasteiger partial charge in [0.25, 0.3) is 0 Å². The number of nitrogens with zero attached hydrogens (tertiary/aromatic N) is 1. The minimum Gasteiger partial charge on any atom is -0.495 e. The number of nitriles is 1. The van der Waals surface area contributed by atoms with Crippen LogP contribution in [-0.2, 0) is 6.61 Å². The third-order valence-corrected chi connectivity index (χ3v) is 2.76. The van der Waals surface area contributed by atoms with Crippen LogP contribution in [0, 0.1) is 17.1 Å². The second-order valence-corrected chi connectivity index (χ2v) is 4.09. The summed E-state index contributed by atoms with van der Waals surface area (Å²) in [6, 6.07) is 11.4. The van der Waals surface area contributed by atoms with Crippen molar-refractivity contribution in [3.05, 3.63) is 53.3 Å². The lowest BCUT2D eigenvalue weighted by molar-refractivity contribution is 0.292. The first-order valence-electron chi connectivity index (χ1n) is 5.89. The highest BCUT2D eigenvalue weighted by Gasteiger charge is 2.09. The maximum absolute atomic E-state index is 13.5. The Labute approximate surface area is 116 Å². The van der Waals surface area contributed by atoms with Crippen molar-refractivity contribution in [1.29, 1.82) is 5.26 Å². The molecule has 0 radical (unpaired) electrons. The van der Waals surface area contributed by atoms with Crippen LogP contribution < -0.4 is 15.2 Å². The summed E-state index contributed by atoms with van der Waals surface area (Å²) in [6.45, 7) is 0.115. The number of rotatable bonds is 4. The lowest BCUT2D eigenvalue weighted by Crippen LogP contribution is -2.01. The van der Waals surface area contributed by atoms with Gasteiger partial charge in [0, 0.05) is 0 Å². The zero-order valence-corrected chi connectivity index (χ0v) is 10.9. The average Bonchev–Trinajstić information content (AvgIpc) is 2.46. The van der Waals surface area contributed by atoms with E-state index in [2.05, 4.69) is 0 Å². The predicted octanol–water partition coefficient (Wildman–Crippen LogP) is 2.87. The third-order valence-electron chi connectivity index (χ3n) is 2.76. The molecule has 0 unspecified atom stereocenters. The van der Waals surface area contributed by atoms with Crippen LogP contribution in [0.4, 0.5) is 10.1 Å². The van der Waals surface area contributed by atoms with Gasteiger partial charge < -0.3 is 15.2 Å². The van der Waals surface area contributed by atoms with Crippen molar-refractivity contribution in [2.75, 3.05) is 12.8 Å². The molecule has 0 aromatic heterocycles. The second-order valence-electron chi connectivity index (χ2n) is 4.09. The summed E-state index contributed by atoms with van der Waals surface area (Å²) in [4.78, 5) is 0. The molecular formula is C15H13FN2O2. The van der Waals surface area contributed by atoms with Crippen molar-refractivity contribution in [3.8, 4) is 17.6 Å². The van der Waals surface area contributed by atoms with Crippen LogP contribution in [0.5, 0.6) is 11.5 Å². The number of hydrogen-bond donors (Lipinski definition) is 1. The van der Waals surface area contributed by atoms with Crippen molar-refractivity contribution in [2.45, 2.75) is 6.61 Å². The Kier molecular flexibility index (Phi) is 4.06. The minimum absolute atomic E-state index is 0.0156. The van der Waals surface area contributed by atoms with E-state index in [9.17, 15) is 4.39 Å². The van der Waals surface area contributed by atoms with Gasteiger partial charge in [-0.3, -0.25) is 0 Å². The Morgan fingerprint density at radius 2 is 2.10 bits per heavy atom. The SMILES string of the molecule is COc1ccc(COc2c(N)cccc2F)cc1C#N. The van der Waals surface area contributed by atoms with E-state index >= 15 is 0 Å². The summed E-state index contributed by atoms with van der Waals surface area (Å²) in [5, 5.41) is 9.00. The zero-order chi connectivity index (χ0) is 14.5. The van der Waals surface area contributed by atoms with Gasteiger partial charge in [-0.1, -0.05) is 12.1 Å². The number of ether oxygens (including phenoxy) is 2. The molecule has 0 bridgehead atoms. The van der Waals surface area contributed by atoms with Gasteiger partial charge in [-0.05, 0) is 29.8 Å². The zero-order valence-electron chi connectivity index (χ0n) is 10.9. The van der Waals surface area contributed by atoms with Gasteiger partial charge in [-0.2, -0.15) is 5.26 Å². The quantitative estimate of drug-likeness (QED) is 0.869. The number of nitrogen functional groups attached to an aromatic ring is 1. The van der Waals surface area contributed by atoms with Gasteiger partial charge in [0.2, 0.25) is 0 Å². The first-order chi connectivity index (χ1) is 9.65. The standard InChI is InChI=1S/C15H13FN2O2/c1-19-14-6-5-10(7-11(14)8-17)9-20-15-12(16)3-2-4-13(15)18/h2-7H,9,18H2,1H3. The van der Waals surface area contributed by atoms with Gasteiger partial charge in [0.1, 0.15) is 18.4 Å². The maximum Gasteiger partial charge on any atom is 0.178 e. The molecule has 0 aliphatic heterocycles. The molecular weight excluding hydrogens is 259 g/mol. The summed E-state index contributed by atoms with van der Waals surface area (Å²) in [7, 11) is 1.49. The molecule has 5 heteroatoms. The molecule has 0 aliphatic carbocycles. The van der Waals surface area contributed by atoms with Gasteiger partial charge in [-0.25, -0.2) is 4.39 Å². The van der Waals surface area contributed by atoms with Crippen LogP contribution in [0.3, 0.4) is 0 Å². The molecule has 0 saturated heterocycles. The third kappa shape index (κ3) is 2.81. The largest absolute Gasteiger partial charge is 0.495 e. The normalized spacial score (nSPS) is 9.85. The average molecular weight is 272 g/mol. The van der Waals surface area contributed by atoms with E-state index in [1.807, 2.05) is 6.07 Å². The van der Waals surface area contributed by atoms with Gasteiger partial charge in [0.05, 0.1) is 18.4 Å². The summed E-state index contributed by atoms with van der Waals surface area (Å²) in [6.07, 6.45) is 0. The summed E-state index contributed by atoms with van der Waals surface area (Å²) < 4.78 is 24.0. The van der Waals surface area contributed by atoms with Gasteiger partial charge in [0.15, 0.2) is 11.6 Å². The monoisotopic (exact) mass is 272 g/mol. The second kappa shape index (κ2) is 5.93. The fourth-order valence-corrected chi connectivity index (χ4v) is 1.77. The molecule has 0 aliphatic rings. The summed E-state index contributed by atoms with van der Waals surface area (Å²) >= 11 is 0. The van der Waals surface area contributed by atoms with E-state index in [4.69, 9.17) is 20.5 Å². The molecule has 0 amide bonds. The molecule has 2 aromatic rings. The minimum atomic E-state index is -0.515. The predicted molar refractivity (Wildman–Crippen MR) is 72.9 cm³/mol.